The third-order valence-electron chi connectivity index (χ3n) is 5.74. The average Bonchev–Trinajstić information content (AvgIpc) is 3.16. The molecule has 1 unspecified atom stereocenters. The van der Waals surface area contributed by atoms with Gasteiger partial charge in [0.05, 0.1) is 36.6 Å². The first-order valence-corrected chi connectivity index (χ1v) is 13.2. The van der Waals surface area contributed by atoms with Gasteiger partial charge in [-0.25, -0.2) is 18.2 Å². The average molecular weight is 536 g/mol. The summed E-state index contributed by atoms with van der Waals surface area (Å²) in [5.41, 5.74) is -0.734. The van der Waals surface area contributed by atoms with Crippen LogP contribution in [0.1, 0.15) is 24.1 Å². The molecule has 196 valence electrons. The Morgan fingerprint density at radius 3 is 2.49 bits per heavy atom. The van der Waals surface area contributed by atoms with Crippen molar-refractivity contribution in [3.8, 4) is 22.6 Å². The molecule has 0 saturated heterocycles. The second-order valence-electron chi connectivity index (χ2n) is 8.39. The number of halogens is 3. The molecule has 0 aliphatic carbocycles. The number of aromatic nitrogens is 3. The van der Waals surface area contributed by atoms with Crippen molar-refractivity contribution in [3.05, 3.63) is 76.3 Å². The van der Waals surface area contributed by atoms with Crippen molar-refractivity contribution >= 4 is 21.0 Å². The molecule has 4 rings (SSSR count). The number of hydrogen-bond acceptors (Lipinski definition) is 6. The number of sulfone groups is 1. The zero-order valence-corrected chi connectivity index (χ0v) is 21.0. The number of alkyl halides is 3. The summed E-state index contributed by atoms with van der Waals surface area (Å²) >= 11 is 0. The van der Waals surface area contributed by atoms with Crippen LogP contribution >= 0.6 is 0 Å². The summed E-state index contributed by atoms with van der Waals surface area (Å²) in [6.45, 7) is 2.11. The molecule has 0 spiro atoms. The smallest absolute Gasteiger partial charge is 0.417 e. The Kier molecular flexibility index (Phi) is 7.05. The molecule has 2 heterocycles. The lowest BCUT2D eigenvalue weighted by Crippen LogP contribution is -2.28. The molecule has 0 aliphatic rings. The van der Waals surface area contributed by atoms with Crippen molar-refractivity contribution in [2.45, 2.75) is 19.1 Å². The fraction of sp³-hybridized carbons (Fsp3) is 0.280. The molecule has 0 amide bonds. The third kappa shape index (κ3) is 5.48. The van der Waals surface area contributed by atoms with Crippen molar-refractivity contribution in [1.82, 2.24) is 14.5 Å². The number of fused-ring (bicyclic) bond motifs is 1. The number of imidazole rings is 1. The highest BCUT2D eigenvalue weighted by atomic mass is 32.2. The maximum absolute atomic E-state index is 13.6. The second kappa shape index (κ2) is 9.92. The summed E-state index contributed by atoms with van der Waals surface area (Å²) in [4.78, 5) is 20.0. The van der Waals surface area contributed by atoms with E-state index in [4.69, 9.17) is 9.47 Å². The predicted molar refractivity (Wildman–Crippen MR) is 133 cm³/mol. The summed E-state index contributed by atoms with van der Waals surface area (Å²) < 4.78 is 77.5. The van der Waals surface area contributed by atoms with Crippen LogP contribution in [0.25, 0.3) is 22.3 Å². The summed E-state index contributed by atoms with van der Waals surface area (Å²) in [7, 11) is -2.13. The Balaban J connectivity index is 1.89. The van der Waals surface area contributed by atoms with Gasteiger partial charge in [0.15, 0.2) is 17.1 Å². The van der Waals surface area contributed by atoms with E-state index in [1.54, 1.807) is 25.1 Å². The second-order valence-corrected chi connectivity index (χ2v) is 10.6. The summed E-state index contributed by atoms with van der Waals surface area (Å²) in [5, 5.41) is 0. The van der Waals surface area contributed by atoms with Crippen LogP contribution < -0.4 is 15.2 Å². The number of benzene rings is 2. The molecule has 12 heteroatoms. The van der Waals surface area contributed by atoms with Crippen LogP contribution in [0.2, 0.25) is 0 Å². The van der Waals surface area contributed by atoms with Gasteiger partial charge in [-0.1, -0.05) is 24.3 Å². The number of nitrogens with one attached hydrogen (secondary N) is 1. The zero-order valence-electron chi connectivity index (χ0n) is 20.2. The van der Waals surface area contributed by atoms with Crippen LogP contribution in [0.3, 0.4) is 0 Å². The zero-order chi connectivity index (χ0) is 27.0. The number of H-pyrrole nitrogens is 1. The molecule has 2 aromatic carbocycles. The number of aromatic amines is 1. The van der Waals surface area contributed by atoms with Gasteiger partial charge in [0.25, 0.3) is 0 Å². The number of hydrogen-bond donors (Lipinski definition) is 1. The summed E-state index contributed by atoms with van der Waals surface area (Å²) in [6, 6.07) is 10.3. The normalized spacial score (nSPS) is 13.0. The molecule has 2 aromatic heterocycles. The lowest BCUT2D eigenvalue weighted by Gasteiger charge is -2.20. The molecule has 0 saturated carbocycles. The number of rotatable bonds is 8. The van der Waals surface area contributed by atoms with E-state index in [0.717, 1.165) is 12.3 Å². The first-order chi connectivity index (χ1) is 17.4. The Hall–Kier alpha value is -3.80. The third-order valence-corrected chi connectivity index (χ3v) is 6.66. The molecule has 0 fully saturated rings. The predicted octanol–water partition coefficient (Wildman–Crippen LogP) is 4.45. The van der Waals surface area contributed by atoms with Gasteiger partial charge in [0, 0.05) is 18.0 Å². The standard InChI is InChI=1S/C25H24F3N3O5S/c1-4-36-22-12-15(9-10-21(22)35-2)20(14-37(3,33)34)31-23-19(30-24(31)32)11-16(13-29-23)17-7-5-6-8-18(17)25(26,27)28/h5-13,20H,4,14H2,1-3H3,(H,30,32). The van der Waals surface area contributed by atoms with Crippen LogP contribution in [0.5, 0.6) is 11.5 Å². The highest BCUT2D eigenvalue weighted by Crippen LogP contribution is 2.38. The minimum Gasteiger partial charge on any atom is -0.493 e. The topological polar surface area (TPSA) is 103 Å². The Morgan fingerprint density at radius 2 is 1.84 bits per heavy atom. The van der Waals surface area contributed by atoms with Crippen LogP contribution in [0, 0.1) is 0 Å². The van der Waals surface area contributed by atoms with E-state index >= 15 is 0 Å². The van der Waals surface area contributed by atoms with Gasteiger partial charge in [0.2, 0.25) is 0 Å². The maximum Gasteiger partial charge on any atom is 0.417 e. The van der Waals surface area contributed by atoms with Crippen molar-refractivity contribution < 1.29 is 31.1 Å². The van der Waals surface area contributed by atoms with Gasteiger partial charge in [-0.3, -0.25) is 4.57 Å². The Labute approximate surface area is 210 Å². The molecule has 0 bridgehead atoms. The molecule has 1 N–H and O–H groups in total. The van der Waals surface area contributed by atoms with Gasteiger partial charge in [-0.05, 0) is 42.3 Å². The van der Waals surface area contributed by atoms with Crippen LogP contribution in [0.4, 0.5) is 13.2 Å². The van der Waals surface area contributed by atoms with Crippen LogP contribution in [0.15, 0.2) is 59.5 Å². The Bertz CT molecular complexity index is 1610. The van der Waals surface area contributed by atoms with Crippen molar-refractivity contribution in [2.75, 3.05) is 25.7 Å². The fourth-order valence-electron chi connectivity index (χ4n) is 4.21. The lowest BCUT2D eigenvalue weighted by atomic mass is 10.0. The van der Waals surface area contributed by atoms with Crippen molar-refractivity contribution in [1.29, 1.82) is 0 Å². The van der Waals surface area contributed by atoms with E-state index in [0.29, 0.717) is 23.7 Å². The van der Waals surface area contributed by atoms with Crippen molar-refractivity contribution in [3.63, 3.8) is 0 Å². The number of nitrogens with zero attached hydrogens (tertiary/aromatic N) is 2. The highest BCUT2D eigenvalue weighted by Gasteiger charge is 2.33. The molecule has 4 aromatic rings. The molecule has 0 radical (unpaired) electrons. The van der Waals surface area contributed by atoms with Gasteiger partial charge >= 0.3 is 11.9 Å². The van der Waals surface area contributed by atoms with Crippen LogP contribution in [-0.2, 0) is 16.0 Å². The van der Waals surface area contributed by atoms with Gasteiger partial charge in [0.1, 0.15) is 9.84 Å². The number of ether oxygens (including phenoxy) is 2. The van der Waals surface area contributed by atoms with E-state index in [2.05, 4.69) is 9.97 Å². The van der Waals surface area contributed by atoms with Crippen LogP contribution in [-0.4, -0.2) is 48.7 Å². The summed E-state index contributed by atoms with van der Waals surface area (Å²) in [6.07, 6.45) is -2.31. The molecule has 8 nitrogen and oxygen atoms in total. The SMILES string of the molecule is CCOc1cc(C(CS(C)(=O)=O)n2c(=O)[nH]c3cc(-c4ccccc4C(F)(F)F)cnc32)ccc1OC. The molecular formula is C25H24F3N3O5S. The molecular weight excluding hydrogens is 511 g/mol. The van der Waals surface area contributed by atoms with E-state index < -0.39 is 39.1 Å². The number of pyridine rings is 1. The van der Waals surface area contributed by atoms with Crippen molar-refractivity contribution in [2.24, 2.45) is 0 Å². The molecule has 0 aliphatic heterocycles. The monoisotopic (exact) mass is 535 g/mol. The van der Waals surface area contributed by atoms with Gasteiger partial charge in [-0.15, -0.1) is 0 Å². The molecule has 1 atom stereocenters. The van der Waals surface area contributed by atoms with E-state index in [1.807, 2.05) is 0 Å². The molecule has 37 heavy (non-hydrogen) atoms. The number of methoxy groups -OCH3 is 1. The first-order valence-electron chi connectivity index (χ1n) is 11.2. The van der Waals surface area contributed by atoms with E-state index in [9.17, 15) is 26.4 Å². The minimum absolute atomic E-state index is 0.0952. The van der Waals surface area contributed by atoms with E-state index in [-0.39, 0.29) is 22.3 Å². The first kappa shape index (κ1) is 26.3. The van der Waals surface area contributed by atoms with E-state index in [1.165, 1.54) is 42.1 Å². The minimum atomic E-state index is -4.59. The van der Waals surface area contributed by atoms with Gasteiger partial charge in [-0.2, -0.15) is 13.2 Å². The van der Waals surface area contributed by atoms with Gasteiger partial charge < -0.3 is 14.5 Å². The lowest BCUT2D eigenvalue weighted by molar-refractivity contribution is -0.137. The summed E-state index contributed by atoms with van der Waals surface area (Å²) in [5.74, 6) is 0.368. The quantitative estimate of drug-likeness (QED) is 0.358. The largest absolute Gasteiger partial charge is 0.493 e. The Morgan fingerprint density at radius 1 is 1.11 bits per heavy atom. The fourth-order valence-corrected chi connectivity index (χ4v) is 5.12. The highest BCUT2D eigenvalue weighted by molar-refractivity contribution is 7.90. The maximum atomic E-state index is 13.6.